The molecule has 0 unspecified atom stereocenters. The van der Waals surface area contributed by atoms with Crippen molar-refractivity contribution in [1.29, 1.82) is 0 Å². The molecule has 2 N–H and O–H groups in total. The molecule has 0 amide bonds. The monoisotopic (exact) mass is 218 g/mol. The number of carbonyl (C=O) groups is 1. The Hall–Kier alpha value is -0.690. The molecule has 0 bridgehead atoms. The van der Waals surface area contributed by atoms with Crippen LogP contribution in [0.15, 0.2) is 0 Å². The molecule has 0 saturated carbocycles. The number of rotatable bonds is 2. The highest BCUT2D eigenvalue weighted by molar-refractivity contribution is 5.69. The maximum Gasteiger partial charge on any atom is 0.308 e. The van der Waals surface area contributed by atoms with Crippen molar-refractivity contribution in [3.8, 4) is 0 Å². The van der Waals surface area contributed by atoms with Crippen molar-refractivity contribution in [2.45, 2.75) is 37.4 Å². The third-order valence-electron chi connectivity index (χ3n) is 2.63. The number of carbonyl (C=O) groups excluding carboxylic acids is 1. The third kappa shape index (κ3) is 1.74. The first-order chi connectivity index (χ1) is 7.07. The second kappa shape index (κ2) is 3.71. The lowest BCUT2D eigenvalue weighted by Crippen LogP contribution is -2.47. The fourth-order valence-corrected chi connectivity index (χ4v) is 1.83. The molecular weight excluding hydrogens is 204 g/mol. The van der Waals surface area contributed by atoms with E-state index in [0.29, 0.717) is 0 Å². The van der Waals surface area contributed by atoms with Gasteiger partial charge in [-0.05, 0) is 0 Å². The Balaban J connectivity index is 2.07. The fourth-order valence-electron chi connectivity index (χ4n) is 1.83. The summed E-state index contributed by atoms with van der Waals surface area (Å²) in [4.78, 5) is 11.1. The van der Waals surface area contributed by atoms with E-state index in [1.54, 1.807) is 6.92 Å². The van der Waals surface area contributed by atoms with Crippen LogP contribution >= 0.6 is 0 Å². The van der Waals surface area contributed by atoms with Crippen molar-refractivity contribution < 1.29 is 29.2 Å². The van der Waals surface area contributed by atoms with E-state index in [-0.39, 0.29) is 19.6 Å². The van der Waals surface area contributed by atoms with Crippen LogP contribution in [-0.2, 0) is 19.0 Å². The largest absolute Gasteiger partial charge is 0.428 e. The van der Waals surface area contributed by atoms with Crippen molar-refractivity contribution in [2.24, 2.45) is 0 Å². The van der Waals surface area contributed by atoms with E-state index in [1.807, 2.05) is 0 Å². The van der Waals surface area contributed by atoms with Gasteiger partial charge in [-0.2, -0.15) is 0 Å². The van der Waals surface area contributed by atoms with Gasteiger partial charge < -0.3 is 24.4 Å². The zero-order chi connectivity index (χ0) is 11.1. The lowest BCUT2D eigenvalue weighted by atomic mass is 10.1. The number of ether oxygens (including phenoxy) is 3. The Kier molecular flexibility index (Phi) is 2.68. The van der Waals surface area contributed by atoms with Gasteiger partial charge in [0, 0.05) is 6.42 Å². The number of hydrogen-bond donors (Lipinski definition) is 2. The lowest BCUT2D eigenvalue weighted by molar-refractivity contribution is -0.237. The zero-order valence-corrected chi connectivity index (χ0v) is 8.38. The van der Waals surface area contributed by atoms with E-state index in [1.165, 1.54) is 0 Å². The minimum atomic E-state index is -1.75. The molecule has 0 spiro atoms. The highest BCUT2D eigenvalue weighted by Crippen LogP contribution is 2.35. The molecule has 2 saturated heterocycles. The molecule has 2 aliphatic heterocycles. The van der Waals surface area contributed by atoms with Crippen LogP contribution in [0.1, 0.15) is 13.3 Å². The second-order valence-electron chi connectivity index (χ2n) is 3.77. The first kappa shape index (κ1) is 10.8. The van der Waals surface area contributed by atoms with Crippen molar-refractivity contribution in [1.82, 2.24) is 0 Å². The number of hydrogen-bond acceptors (Lipinski definition) is 6. The maximum absolute atomic E-state index is 11.1. The van der Waals surface area contributed by atoms with Crippen LogP contribution in [-0.4, -0.2) is 53.5 Å². The number of aliphatic hydroxyl groups excluding tert-OH is 1. The van der Waals surface area contributed by atoms with Crippen LogP contribution in [0.3, 0.4) is 0 Å². The van der Waals surface area contributed by atoms with Gasteiger partial charge in [-0.25, -0.2) is 0 Å². The highest BCUT2D eigenvalue weighted by atomic mass is 16.7. The molecule has 86 valence electrons. The van der Waals surface area contributed by atoms with Gasteiger partial charge in [-0.3, -0.25) is 4.79 Å². The van der Waals surface area contributed by atoms with E-state index < -0.39 is 30.1 Å². The Morgan fingerprint density at radius 2 is 2.33 bits per heavy atom. The highest BCUT2D eigenvalue weighted by Gasteiger charge is 2.58. The molecule has 15 heavy (non-hydrogen) atoms. The van der Waals surface area contributed by atoms with Crippen LogP contribution in [0.5, 0.6) is 0 Å². The molecule has 2 fully saturated rings. The zero-order valence-electron chi connectivity index (χ0n) is 8.38. The summed E-state index contributed by atoms with van der Waals surface area (Å²) in [5.74, 6) is -2.28. The summed E-state index contributed by atoms with van der Waals surface area (Å²) >= 11 is 0. The molecule has 0 aromatic heterocycles. The Labute approximate surface area is 86.7 Å². The van der Waals surface area contributed by atoms with E-state index >= 15 is 0 Å². The first-order valence-electron chi connectivity index (χ1n) is 4.92. The fraction of sp³-hybridized carbons (Fsp3) is 0.889. The van der Waals surface area contributed by atoms with Crippen LogP contribution in [0.25, 0.3) is 0 Å². The summed E-state index contributed by atoms with van der Waals surface area (Å²) in [5, 5.41) is 19.4. The normalized spacial score (nSPS) is 44.1. The predicted octanol–water partition coefficient (Wildman–Crippen LogP) is -1.21. The topological polar surface area (TPSA) is 85.2 Å². The summed E-state index contributed by atoms with van der Waals surface area (Å²) in [6.45, 7) is 1.55. The van der Waals surface area contributed by atoms with Gasteiger partial charge in [0.15, 0.2) is 6.10 Å². The van der Waals surface area contributed by atoms with Gasteiger partial charge >= 0.3 is 5.97 Å². The number of aliphatic hydroxyl groups is 2. The van der Waals surface area contributed by atoms with Crippen molar-refractivity contribution in [3.05, 3.63) is 0 Å². The molecular formula is C9H14O6. The predicted molar refractivity (Wildman–Crippen MR) is 46.8 cm³/mol. The van der Waals surface area contributed by atoms with Crippen molar-refractivity contribution >= 4 is 5.97 Å². The average molecular weight is 218 g/mol. The molecule has 6 nitrogen and oxygen atoms in total. The summed E-state index contributed by atoms with van der Waals surface area (Å²) in [6, 6.07) is 0. The summed E-state index contributed by atoms with van der Waals surface area (Å²) in [6.07, 6.45) is -2.01. The number of fused-ring (bicyclic) bond motifs is 1. The molecule has 0 radical (unpaired) electrons. The van der Waals surface area contributed by atoms with Crippen LogP contribution < -0.4 is 0 Å². The van der Waals surface area contributed by atoms with Gasteiger partial charge in [0.1, 0.15) is 18.8 Å². The van der Waals surface area contributed by atoms with Gasteiger partial charge in [-0.1, -0.05) is 6.92 Å². The van der Waals surface area contributed by atoms with E-state index in [9.17, 15) is 15.0 Å². The molecule has 0 aromatic carbocycles. The molecule has 4 atom stereocenters. The smallest absolute Gasteiger partial charge is 0.308 e. The Morgan fingerprint density at radius 1 is 1.60 bits per heavy atom. The molecule has 6 heteroatoms. The van der Waals surface area contributed by atoms with Gasteiger partial charge in [-0.15, -0.1) is 0 Å². The third-order valence-corrected chi connectivity index (χ3v) is 2.63. The van der Waals surface area contributed by atoms with Crippen LogP contribution in [0, 0.1) is 0 Å². The average Bonchev–Trinajstić information content (AvgIpc) is 2.71. The summed E-state index contributed by atoms with van der Waals surface area (Å²) in [7, 11) is 0. The lowest BCUT2D eigenvalue weighted by Gasteiger charge is -2.25. The van der Waals surface area contributed by atoms with E-state index in [4.69, 9.17) is 14.2 Å². The SMILES string of the molecule is CCC(=O)O[C@@]1(O)CO[C@@H]2[C@H](O)CO[C@@H]21. The van der Waals surface area contributed by atoms with Crippen LogP contribution in [0.4, 0.5) is 0 Å². The summed E-state index contributed by atoms with van der Waals surface area (Å²) in [5.41, 5.74) is 0. The number of esters is 1. The quantitative estimate of drug-likeness (QED) is 0.446. The molecule has 0 aliphatic carbocycles. The van der Waals surface area contributed by atoms with E-state index in [0.717, 1.165) is 0 Å². The second-order valence-corrected chi connectivity index (χ2v) is 3.77. The van der Waals surface area contributed by atoms with E-state index in [2.05, 4.69) is 0 Å². The Morgan fingerprint density at radius 3 is 3.00 bits per heavy atom. The van der Waals surface area contributed by atoms with Gasteiger partial charge in [0.05, 0.1) is 6.61 Å². The van der Waals surface area contributed by atoms with Crippen molar-refractivity contribution in [3.63, 3.8) is 0 Å². The molecule has 0 aromatic rings. The summed E-state index contributed by atoms with van der Waals surface area (Å²) < 4.78 is 15.2. The first-order valence-corrected chi connectivity index (χ1v) is 4.92. The minimum Gasteiger partial charge on any atom is -0.428 e. The minimum absolute atomic E-state index is 0.0846. The van der Waals surface area contributed by atoms with Crippen LogP contribution in [0.2, 0.25) is 0 Å². The maximum atomic E-state index is 11.1. The molecule has 2 heterocycles. The standard InChI is InChI=1S/C9H14O6/c1-2-6(11)15-9(12)4-14-7-5(10)3-13-8(7)9/h5,7-8,10,12H,2-4H2,1H3/t5-,7-,8+,9+/m1/s1. The van der Waals surface area contributed by atoms with Gasteiger partial charge in [0.2, 0.25) is 0 Å². The molecule has 2 rings (SSSR count). The van der Waals surface area contributed by atoms with Gasteiger partial charge in [0.25, 0.3) is 5.79 Å². The van der Waals surface area contributed by atoms with Crippen molar-refractivity contribution in [2.75, 3.05) is 13.2 Å². The molecule has 2 aliphatic rings. The Bertz CT molecular complexity index is 267.